The van der Waals surface area contributed by atoms with Gasteiger partial charge < -0.3 is 10.6 Å². The first-order valence-corrected chi connectivity index (χ1v) is 4.36. The van der Waals surface area contributed by atoms with Gasteiger partial charge in [-0.25, -0.2) is 0 Å². The van der Waals surface area contributed by atoms with Crippen molar-refractivity contribution in [1.82, 2.24) is 10.6 Å². The third-order valence-electron chi connectivity index (χ3n) is 1.05. The van der Waals surface area contributed by atoms with Gasteiger partial charge in [0.25, 0.3) is 0 Å². The van der Waals surface area contributed by atoms with Crippen LogP contribution in [0.5, 0.6) is 0 Å². The van der Waals surface area contributed by atoms with Crippen molar-refractivity contribution in [2.75, 3.05) is 18.8 Å². The molecule has 1 amide bonds. The molecule has 0 radical (unpaired) electrons. The number of thioether (sulfide) groups is 1. The van der Waals surface area contributed by atoms with Gasteiger partial charge in [0, 0.05) is 12.3 Å². The van der Waals surface area contributed by atoms with Crippen molar-refractivity contribution in [1.29, 1.82) is 0 Å². The minimum absolute atomic E-state index is 0.0163. The summed E-state index contributed by atoms with van der Waals surface area (Å²) in [4.78, 5) is 10.7. The Kier molecular flexibility index (Phi) is 2.95. The van der Waals surface area contributed by atoms with Crippen LogP contribution >= 0.6 is 24.0 Å². The molecule has 0 aromatic heterocycles. The van der Waals surface area contributed by atoms with Crippen LogP contribution in [-0.2, 0) is 4.79 Å². The zero-order valence-electron chi connectivity index (χ0n) is 5.35. The summed E-state index contributed by atoms with van der Waals surface area (Å²) in [5, 5.41) is 5.54. The lowest BCUT2D eigenvalue weighted by molar-refractivity contribution is -0.119. The Balaban J connectivity index is 2.36. The van der Waals surface area contributed by atoms with Crippen LogP contribution in [0.25, 0.3) is 0 Å². The molecular weight excluding hydrogens is 168 g/mol. The van der Waals surface area contributed by atoms with Gasteiger partial charge in [-0.2, -0.15) is 0 Å². The summed E-state index contributed by atoms with van der Waals surface area (Å²) in [5.41, 5.74) is 0. The Hall–Kier alpha value is -0.290. The molecule has 3 nitrogen and oxygen atoms in total. The second-order valence-corrected chi connectivity index (χ2v) is 3.61. The quantitative estimate of drug-likeness (QED) is 0.498. The Morgan fingerprint density at radius 3 is 3.10 bits per heavy atom. The lowest BCUT2D eigenvalue weighted by Gasteiger charge is -2.11. The van der Waals surface area contributed by atoms with E-state index in [-0.39, 0.29) is 5.91 Å². The normalized spacial score (nSPS) is 20.4. The highest BCUT2D eigenvalue weighted by Gasteiger charge is 2.05. The summed E-state index contributed by atoms with van der Waals surface area (Å²) in [6.07, 6.45) is 0. The Bertz CT molecular complexity index is 142. The van der Waals surface area contributed by atoms with Crippen molar-refractivity contribution < 1.29 is 4.79 Å². The molecule has 1 heterocycles. The molecular formula is C5H8N2OS2. The molecule has 0 spiro atoms. The number of carbonyl (C=O) groups is 1. The standard InChI is InChI=1S/C5H8N2OS2/c8-4-3-7-5(9)10-2-1-6-4/h1-3H2,(H,6,8)(H,7,9). The third-order valence-corrected chi connectivity index (χ3v) is 2.36. The summed E-state index contributed by atoms with van der Waals surface area (Å²) in [5.74, 6) is 0.875. The molecule has 0 aromatic rings. The maximum Gasteiger partial charge on any atom is 0.239 e. The van der Waals surface area contributed by atoms with E-state index >= 15 is 0 Å². The number of rotatable bonds is 0. The molecule has 0 aliphatic carbocycles. The van der Waals surface area contributed by atoms with E-state index in [0.29, 0.717) is 13.1 Å². The minimum atomic E-state index is 0.0163. The van der Waals surface area contributed by atoms with Crippen molar-refractivity contribution in [3.63, 3.8) is 0 Å². The zero-order chi connectivity index (χ0) is 7.40. The minimum Gasteiger partial charge on any atom is -0.362 e. The van der Waals surface area contributed by atoms with Crippen LogP contribution in [0.15, 0.2) is 0 Å². The molecule has 0 unspecified atom stereocenters. The van der Waals surface area contributed by atoms with Gasteiger partial charge in [0.1, 0.15) is 4.32 Å². The van der Waals surface area contributed by atoms with Gasteiger partial charge in [-0.3, -0.25) is 4.79 Å². The molecule has 0 bridgehead atoms. The summed E-state index contributed by atoms with van der Waals surface area (Å²) >= 11 is 6.44. The van der Waals surface area contributed by atoms with Crippen LogP contribution in [-0.4, -0.2) is 29.1 Å². The number of thiocarbonyl (C=S) groups is 1. The summed E-state index contributed by atoms with van der Waals surface area (Å²) in [7, 11) is 0. The number of amides is 1. The van der Waals surface area contributed by atoms with Gasteiger partial charge >= 0.3 is 0 Å². The smallest absolute Gasteiger partial charge is 0.239 e. The second-order valence-electron chi connectivity index (χ2n) is 1.84. The lowest BCUT2D eigenvalue weighted by atomic mass is 10.5. The SMILES string of the molecule is O=C1CNC(=S)SCCN1. The van der Waals surface area contributed by atoms with E-state index in [9.17, 15) is 4.79 Å². The largest absolute Gasteiger partial charge is 0.362 e. The topological polar surface area (TPSA) is 41.1 Å². The van der Waals surface area contributed by atoms with Gasteiger partial charge in [-0.15, -0.1) is 0 Å². The third kappa shape index (κ3) is 2.53. The lowest BCUT2D eigenvalue weighted by Crippen LogP contribution is -2.39. The van der Waals surface area contributed by atoms with Gasteiger partial charge in [0.2, 0.25) is 5.91 Å². The number of hydrogen-bond donors (Lipinski definition) is 2. The maximum absolute atomic E-state index is 10.7. The Morgan fingerprint density at radius 2 is 2.30 bits per heavy atom. The molecule has 1 aliphatic heterocycles. The van der Waals surface area contributed by atoms with Gasteiger partial charge in [-0.05, 0) is 0 Å². The van der Waals surface area contributed by atoms with Crippen molar-refractivity contribution in [3.05, 3.63) is 0 Å². The molecule has 2 N–H and O–H groups in total. The summed E-state index contributed by atoms with van der Waals surface area (Å²) in [6, 6.07) is 0. The monoisotopic (exact) mass is 176 g/mol. The molecule has 56 valence electrons. The number of hydrogen-bond acceptors (Lipinski definition) is 3. The van der Waals surface area contributed by atoms with Gasteiger partial charge in [0.05, 0.1) is 6.54 Å². The zero-order valence-corrected chi connectivity index (χ0v) is 6.98. The summed E-state index contributed by atoms with van der Waals surface area (Å²) in [6.45, 7) is 1.02. The highest BCUT2D eigenvalue weighted by atomic mass is 32.2. The van der Waals surface area contributed by atoms with E-state index in [1.54, 1.807) is 11.8 Å². The molecule has 1 fully saturated rings. The summed E-state index contributed by atoms with van der Waals surface area (Å²) < 4.78 is 0.717. The molecule has 5 heteroatoms. The molecule has 1 rings (SSSR count). The molecule has 10 heavy (non-hydrogen) atoms. The average molecular weight is 176 g/mol. The average Bonchev–Trinajstić information content (AvgIpc) is 1.90. The first-order chi connectivity index (χ1) is 4.79. The molecule has 1 saturated heterocycles. The highest BCUT2D eigenvalue weighted by Crippen LogP contribution is 2.00. The van der Waals surface area contributed by atoms with Crippen LogP contribution in [0.2, 0.25) is 0 Å². The van der Waals surface area contributed by atoms with Crippen molar-refractivity contribution in [2.45, 2.75) is 0 Å². The van der Waals surface area contributed by atoms with Gasteiger partial charge in [-0.1, -0.05) is 24.0 Å². The predicted octanol–water partition coefficient (Wildman–Crippen LogP) is -0.276. The molecule has 1 aliphatic rings. The van der Waals surface area contributed by atoms with E-state index in [1.165, 1.54) is 0 Å². The molecule has 0 saturated carbocycles. The van der Waals surface area contributed by atoms with Gasteiger partial charge in [0.15, 0.2) is 0 Å². The van der Waals surface area contributed by atoms with Crippen molar-refractivity contribution >= 4 is 34.2 Å². The van der Waals surface area contributed by atoms with E-state index in [0.717, 1.165) is 10.1 Å². The predicted molar refractivity (Wildman–Crippen MR) is 46.1 cm³/mol. The highest BCUT2D eigenvalue weighted by molar-refractivity contribution is 8.22. The number of nitrogens with one attached hydrogen (secondary N) is 2. The van der Waals surface area contributed by atoms with E-state index in [1.807, 2.05) is 0 Å². The Morgan fingerprint density at radius 1 is 1.50 bits per heavy atom. The molecule has 0 aromatic carbocycles. The fraction of sp³-hybridized carbons (Fsp3) is 0.600. The van der Waals surface area contributed by atoms with E-state index < -0.39 is 0 Å². The fourth-order valence-corrected chi connectivity index (χ4v) is 1.49. The first-order valence-electron chi connectivity index (χ1n) is 2.96. The first kappa shape index (κ1) is 7.81. The van der Waals surface area contributed by atoms with E-state index in [4.69, 9.17) is 12.2 Å². The van der Waals surface area contributed by atoms with Crippen LogP contribution in [0.3, 0.4) is 0 Å². The van der Waals surface area contributed by atoms with Crippen molar-refractivity contribution in [3.8, 4) is 0 Å². The van der Waals surface area contributed by atoms with Crippen LogP contribution in [0.1, 0.15) is 0 Å². The van der Waals surface area contributed by atoms with Crippen molar-refractivity contribution in [2.24, 2.45) is 0 Å². The fourth-order valence-electron chi connectivity index (χ4n) is 0.600. The Labute approximate surface area is 68.9 Å². The molecule has 0 atom stereocenters. The second kappa shape index (κ2) is 3.78. The van der Waals surface area contributed by atoms with Crippen LogP contribution in [0.4, 0.5) is 0 Å². The number of carbonyl (C=O) groups excluding carboxylic acids is 1. The van der Waals surface area contributed by atoms with E-state index in [2.05, 4.69) is 10.6 Å². The van der Waals surface area contributed by atoms with Crippen LogP contribution < -0.4 is 10.6 Å². The van der Waals surface area contributed by atoms with Crippen LogP contribution in [0, 0.1) is 0 Å². The maximum atomic E-state index is 10.7.